The van der Waals surface area contributed by atoms with Gasteiger partial charge in [0.1, 0.15) is 5.52 Å². The average molecular weight is 371 g/mol. The van der Waals surface area contributed by atoms with Crippen LogP contribution in [0.3, 0.4) is 0 Å². The number of amides is 2. The second kappa shape index (κ2) is 7.68. The number of likely N-dealkylation sites (tertiary alicyclic amines) is 2. The van der Waals surface area contributed by atoms with Gasteiger partial charge in [0.05, 0.1) is 19.0 Å². The molecule has 2 amide bonds. The lowest BCUT2D eigenvalue weighted by Gasteiger charge is -2.33. The molecule has 2 aromatic rings. The predicted molar refractivity (Wildman–Crippen MR) is 100 cm³/mol. The van der Waals surface area contributed by atoms with Crippen LogP contribution in [-0.2, 0) is 9.59 Å². The highest BCUT2D eigenvalue weighted by Gasteiger charge is 2.32. The molecule has 2 saturated heterocycles. The first kappa shape index (κ1) is 18.0. The zero-order chi connectivity index (χ0) is 18.8. The number of carbonyl (C=O) groups is 2. The lowest BCUT2D eigenvalue weighted by Crippen LogP contribution is -3.15. The third-order valence-electron chi connectivity index (χ3n) is 5.93. The number of quaternary nitrogens is 1. The molecular weight excluding hydrogens is 344 g/mol. The number of nitrogens with one attached hydrogen (secondary N) is 1. The van der Waals surface area contributed by atoms with Crippen molar-refractivity contribution in [1.29, 1.82) is 0 Å². The highest BCUT2D eigenvalue weighted by atomic mass is 16.3. The third kappa shape index (κ3) is 3.98. The summed E-state index contributed by atoms with van der Waals surface area (Å²) in [6.07, 6.45) is 3.55. The van der Waals surface area contributed by atoms with Gasteiger partial charge in [-0.3, -0.25) is 9.59 Å². The van der Waals surface area contributed by atoms with Crippen LogP contribution in [0.5, 0.6) is 0 Å². The number of carbonyl (C=O) groups excluding carboxylic acids is 2. The van der Waals surface area contributed by atoms with Crippen LogP contribution in [0.25, 0.3) is 11.1 Å². The van der Waals surface area contributed by atoms with Crippen LogP contribution in [0.15, 0.2) is 28.7 Å². The molecule has 7 heteroatoms. The molecule has 7 nitrogen and oxygen atoms in total. The number of piperidine rings is 2. The minimum Gasteiger partial charge on any atom is -0.440 e. The number of nitrogens with zero attached hydrogens (tertiary/aromatic N) is 2. The Balaban J connectivity index is 1.30. The molecule has 2 atom stereocenters. The monoisotopic (exact) mass is 371 g/mol. The smallest absolute Gasteiger partial charge is 0.277 e. The van der Waals surface area contributed by atoms with Gasteiger partial charge in [0.2, 0.25) is 5.91 Å². The first-order valence-corrected chi connectivity index (χ1v) is 9.86. The van der Waals surface area contributed by atoms with Crippen molar-refractivity contribution < 1.29 is 18.9 Å². The minimum atomic E-state index is -0.237. The standard InChI is InChI=1S/C20H26N4O3/c21-19(26)15-4-3-9-23(12-15)13-18(25)24-10-7-14(8-11-24)20-22-16-5-1-2-6-17(16)27-20/h1-2,5-6,14-15H,3-4,7-13H2,(H2,21,26)/p+1/t15-/m0/s1. The number of para-hydroxylation sites is 2. The van der Waals surface area contributed by atoms with Crippen molar-refractivity contribution in [3.05, 3.63) is 30.2 Å². The molecule has 27 heavy (non-hydrogen) atoms. The maximum Gasteiger partial charge on any atom is 0.277 e. The van der Waals surface area contributed by atoms with Crippen LogP contribution in [-0.4, -0.2) is 54.4 Å². The Morgan fingerprint density at radius 1 is 1.22 bits per heavy atom. The van der Waals surface area contributed by atoms with E-state index in [9.17, 15) is 9.59 Å². The topological polar surface area (TPSA) is 93.9 Å². The molecule has 2 fully saturated rings. The van der Waals surface area contributed by atoms with Crippen molar-refractivity contribution in [3.63, 3.8) is 0 Å². The number of hydrogen-bond acceptors (Lipinski definition) is 4. The Labute approximate surface area is 158 Å². The van der Waals surface area contributed by atoms with Crippen molar-refractivity contribution in [2.24, 2.45) is 11.7 Å². The van der Waals surface area contributed by atoms with Crippen molar-refractivity contribution >= 4 is 22.9 Å². The molecule has 3 N–H and O–H groups in total. The van der Waals surface area contributed by atoms with Crippen LogP contribution in [0, 0.1) is 5.92 Å². The fraction of sp³-hybridized carbons (Fsp3) is 0.550. The predicted octanol–water partition coefficient (Wildman–Crippen LogP) is 0.314. The lowest BCUT2D eigenvalue weighted by atomic mass is 9.96. The number of rotatable bonds is 4. The first-order chi connectivity index (χ1) is 13.1. The van der Waals surface area contributed by atoms with Crippen LogP contribution < -0.4 is 10.6 Å². The first-order valence-electron chi connectivity index (χ1n) is 9.86. The molecule has 1 aromatic heterocycles. The van der Waals surface area contributed by atoms with Gasteiger partial charge in [0.25, 0.3) is 5.91 Å². The van der Waals surface area contributed by atoms with Crippen LogP contribution in [0.4, 0.5) is 0 Å². The number of benzene rings is 1. The molecule has 0 saturated carbocycles. The molecular formula is C20H27N4O3+. The van der Waals surface area contributed by atoms with Gasteiger partial charge in [0, 0.05) is 19.0 Å². The van der Waals surface area contributed by atoms with Gasteiger partial charge >= 0.3 is 0 Å². The zero-order valence-corrected chi connectivity index (χ0v) is 15.5. The van der Waals surface area contributed by atoms with E-state index in [4.69, 9.17) is 10.2 Å². The van der Waals surface area contributed by atoms with E-state index < -0.39 is 0 Å². The number of primary amides is 1. The molecule has 0 spiro atoms. The van der Waals surface area contributed by atoms with E-state index in [0.717, 1.165) is 62.3 Å². The largest absolute Gasteiger partial charge is 0.440 e. The summed E-state index contributed by atoms with van der Waals surface area (Å²) in [7, 11) is 0. The summed E-state index contributed by atoms with van der Waals surface area (Å²) < 4.78 is 5.90. The molecule has 2 aliphatic heterocycles. The quantitative estimate of drug-likeness (QED) is 0.809. The molecule has 2 aliphatic rings. The Morgan fingerprint density at radius 2 is 2.00 bits per heavy atom. The van der Waals surface area contributed by atoms with Gasteiger partial charge in [-0.15, -0.1) is 0 Å². The molecule has 1 unspecified atom stereocenters. The number of fused-ring (bicyclic) bond motifs is 1. The molecule has 144 valence electrons. The summed E-state index contributed by atoms with van der Waals surface area (Å²) >= 11 is 0. The van der Waals surface area contributed by atoms with Gasteiger partial charge < -0.3 is 20.0 Å². The Morgan fingerprint density at radius 3 is 2.74 bits per heavy atom. The van der Waals surface area contributed by atoms with E-state index in [0.29, 0.717) is 13.1 Å². The summed E-state index contributed by atoms with van der Waals surface area (Å²) in [5, 5.41) is 0. The van der Waals surface area contributed by atoms with Crippen molar-refractivity contribution in [2.75, 3.05) is 32.7 Å². The number of nitrogens with two attached hydrogens (primary N) is 1. The summed E-state index contributed by atoms with van der Waals surface area (Å²) in [5.74, 6) is 0.897. The van der Waals surface area contributed by atoms with Crippen molar-refractivity contribution in [1.82, 2.24) is 9.88 Å². The van der Waals surface area contributed by atoms with E-state index in [1.54, 1.807) is 0 Å². The Kier molecular flexibility index (Phi) is 5.11. The average Bonchev–Trinajstić information content (AvgIpc) is 3.12. The van der Waals surface area contributed by atoms with Crippen molar-refractivity contribution in [3.8, 4) is 0 Å². The summed E-state index contributed by atoms with van der Waals surface area (Å²) in [5.41, 5.74) is 7.15. The summed E-state index contributed by atoms with van der Waals surface area (Å²) in [6, 6.07) is 7.80. The van der Waals surface area contributed by atoms with Gasteiger partial charge in [0.15, 0.2) is 18.0 Å². The third-order valence-corrected chi connectivity index (χ3v) is 5.93. The highest BCUT2D eigenvalue weighted by Crippen LogP contribution is 2.29. The molecule has 4 rings (SSSR count). The highest BCUT2D eigenvalue weighted by molar-refractivity contribution is 5.78. The van der Waals surface area contributed by atoms with Gasteiger partial charge in [-0.1, -0.05) is 12.1 Å². The van der Waals surface area contributed by atoms with Gasteiger partial charge in [-0.05, 0) is 37.8 Å². The van der Waals surface area contributed by atoms with E-state index >= 15 is 0 Å². The van der Waals surface area contributed by atoms with Crippen LogP contribution in [0.1, 0.15) is 37.5 Å². The number of aromatic nitrogens is 1. The van der Waals surface area contributed by atoms with Gasteiger partial charge in [-0.2, -0.15) is 0 Å². The van der Waals surface area contributed by atoms with Crippen LogP contribution >= 0.6 is 0 Å². The number of oxazole rings is 1. The van der Waals surface area contributed by atoms with Crippen molar-refractivity contribution in [2.45, 2.75) is 31.6 Å². The zero-order valence-electron chi connectivity index (χ0n) is 15.5. The van der Waals surface area contributed by atoms with E-state index in [1.165, 1.54) is 4.90 Å². The molecule has 0 aliphatic carbocycles. The Hall–Kier alpha value is -2.41. The molecule has 0 radical (unpaired) electrons. The molecule has 3 heterocycles. The molecule has 0 bridgehead atoms. The van der Waals surface area contributed by atoms with E-state index in [1.807, 2.05) is 29.2 Å². The maximum atomic E-state index is 12.7. The normalized spacial score (nSPS) is 24.2. The fourth-order valence-electron chi connectivity index (χ4n) is 4.32. The lowest BCUT2D eigenvalue weighted by molar-refractivity contribution is -0.899. The van der Waals surface area contributed by atoms with Crippen LogP contribution in [0.2, 0.25) is 0 Å². The minimum absolute atomic E-state index is 0.0913. The fourth-order valence-corrected chi connectivity index (χ4v) is 4.32. The second-order valence-corrected chi connectivity index (χ2v) is 7.80. The van der Waals surface area contributed by atoms with E-state index in [-0.39, 0.29) is 23.7 Å². The summed E-state index contributed by atoms with van der Waals surface area (Å²) in [6.45, 7) is 3.54. The number of hydrogen-bond donors (Lipinski definition) is 2. The Bertz CT molecular complexity index is 792. The second-order valence-electron chi connectivity index (χ2n) is 7.80. The summed E-state index contributed by atoms with van der Waals surface area (Å²) in [4.78, 5) is 31.8. The maximum absolute atomic E-state index is 12.7. The van der Waals surface area contributed by atoms with Gasteiger partial charge in [-0.25, -0.2) is 4.98 Å². The van der Waals surface area contributed by atoms with E-state index in [2.05, 4.69) is 4.98 Å². The SMILES string of the molecule is NC(=O)[C@H]1CCC[NH+](CC(=O)N2CCC(c3nc4ccccc4o3)CC2)C1. The molecule has 1 aromatic carbocycles.